The fourth-order valence-electron chi connectivity index (χ4n) is 3.45. The van der Waals surface area contributed by atoms with Crippen LogP contribution < -0.4 is 10.2 Å². The molecule has 3 aromatic heterocycles. The first-order chi connectivity index (χ1) is 13.5. The van der Waals surface area contributed by atoms with Gasteiger partial charge < -0.3 is 14.6 Å². The molecule has 4 heterocycles. The summed E-state index contributed by atoms with van der Waals surface area (Å²) in [5, 5.41) is 2.86. The smallest absolute Gasteiger partial charge is 0.252 e. The van der Waals surface area contributed by atoms with Crippen LogP contribution in [0.1, 0.15) is 23.7 Å². The first-order valence-electron chi connectivity index (χ1n) is 9.19. The van der Waals surface area contributed by atoms with Crippen molar-refractivity contribution >= 4 is 29.0 Å². The van der Waals surface area contributed by atoms with Crippen molar-refractivity contribution in [2.45, 2.75) is 13.3 Å². The van der Waals surface area contributed by atoms with Crippen LogP contribution in [0.4, 0.5) is 10.2 Å². The number of imidazole rings is 1. The second-order valence-electron chi connectivity index (χ2n) is 6.94. The fraction of sp³-hybridized carbons (Fsp3) is 0.368. The van der Waals surface area contributed by atoms with Crippen LogP contribution in [0, 0.1) is 17.7 Å². The fourth-order valence-corrected chi connectivity index (χ4v) is 3.58. The highest BCUT2D eigenvalue weighted by molar-refractivity contribution is 6.28. The van der Waals surface area contributed by atoms with Gasteiger partial charge >= 0.3 is 0 Å². The number of carbonyl (C=O) groups excluding carboxylic acids is 1. The zero-order valence-corrected chi connectivity index (χ0v) is 16.1. The molecule has 146 valence electrons. The zero-order chi connectivity index (χ0) is 19.7. The van der Waals surface area contributed by atoms with Gasteiger partial charge in [0.25, 0.3) is 5.91 Å². The van der Waals surface area contributed by atoms with Crippen molar-refractivity contribution in [2.75, 3.05) is 24.5 Å². The Labute approximate surface area is 166 Å². The third-order valence-electron chi connectivity index (χ3n) is 4.96. The van der Waals surface area contributed by atoms with Gasteiger partial charge in [-0.15, -0.1) is 0 Å². The van der Waals surface area contributed by atoms with Crippen LogP contribution in [-0.4, -0.2) is 44.9 Å². The summed E-state index contributed by atoms with van der Waals surface area (Å²) in [6.07, 6.45) is 7.72. The van der Waals surface area contributed by atoms with Crippen molar-refractivity contribution in [3.05, 3.63) is 53.6 Å². The van der Waals surface area contributed by atoms with Crippen LogP contribution in [0.15, 0.2) is 36.9 Å². The monoisotopic (exact) mass is 402 g/mol. The van der Waals surface area contributed by atoms with E-state index in [1.54, 1.807) is 18.5 Å². The summed E-state index contributed by atoms with van der Waals surface area (Å²) in [4.78, 5) is 25.0. The van der Waals surface area contributed by atoms with E-state index in [1.165, 1.54) is 6.42 Å². The standard InChI is InChI=1S/C10H11N3O.C9H9ClFN3/c1-2-11-10(14)8-3-4-9-12-5-6-13(9)7-8;10-9-12-2-7(11)8(13-9)14-3-5-1-6(5)4-14/h3-7H,2H2,1H3,(H,11,14);2,5-6H,1,3-4H2. The predicted octanol–water partition coefficient (Wildman–Crippen LogP) is 2.81. The van der Waals surface area contributed by atoms with E-state index in [-0.39, 0.29) is 17.0 Å². The van der Waals surface area contributed by atoms with Crippen LogP contribution in [0.25, 0.3) is 5.65 Å². The lowest BCUT2D eigenvalue weighted by Gasteiger charge is -2.18. The van der Waals surface area contributed by atoms with Crippen LogP contribution >= 0.6 is 11.6 Å². The molecule has 1 saturated carbocycles. The first-order valence-corrected chi connectivity index (χ1v) is 9.57. The average Bonchev–Trinajstić information content (AvgIpc) is 3.08. The number of aromatic nitrogens is 4. The van der Waals surface area contributed by atoms with Crippen molar-refractivity contribution in [1.82, 2.24) is 24.7 Å². The summed E-state index contributed by atoms with van der Waals surface area (Å²) in [7, 11) is 0. The molecule has 28 heavy (non-hydrogen) atoms. The number of anilines is 1. The Morgan fingerprint density at radius 1 is 1.32 bits per heavy atom. The molecule has 1 amide bonds. The van der Waals surface area contributed by atoms with E-state index >= 15 is 0 Å². The second kappa shape index (κ2) is 7.71. The van der Waals surface area contributed by atoms with Crippen molar-refractivity contribution in [3.63, 3.8) is 0 Å². The first kappa shape index (κ1) is 18.6. The summed E-state index contributed by atoms with van der Waals surface area (Å²) in [6, 6.07) is 3.60. The maximum Gasteiger partial charge on any atom is 0.252 e. The number of rotatable bonds is 3. The molecule has 0 radical (unpaired) electrons. The van der Waals surface area contributed by atoms with Gasteiger partial charge in [0.2, 0.25) is 5.28 Å². The van der Waals surface area contributed by atoms with Crippen LogP contribution in [-0.2, 0) is 0 Å². The summed E-state index contributed by atoms with van der Waals surface area (Å²) < 4.78 is 15.2. The topological polar surface area (TPSA) is 75.4 Å². The summed E-state index contributed by atoms with van der Waals surface area (Å²) in [5.74, 6) is 1.43. The Hall–Kier alpha value is -2.74. The minimum atomic E-state index is -0.379. The Bertz CT molecular complexity index is 999. The molecule has 1 aliphatic heterocycles. The molecule has 1 aliphatic carbocycles. The van der Waals surface area contributed by atoms with Gasteiger partial charge in [-0.05, 0) is 48.9 Å². The third kappa shape index (κ3) is 3.91. The second-order valence-corrected chi connectivity index (χ2v) is 7.28. The van der Waals surface area contributed by atoms with Gasteiger partial charge in [-0.1, -0.05) is 0 Å². The molecule has 0 aromatic carbocycles. The molecule has 2 fully saturated rings. The van der Waals surface area contributed by atoms with Crippen molar-refractivity contribution in [1.29, 1.82) is 0 Å². The van der Waals surface area contributed by atoms with Crippen molar-refractivity contribution in [3.8, 4) is 0 Å². The number of carbonyl (C=O) groups is 1. The van der Waals surface area contributed by atoms with E-state index in [2.05, 4.69) is 20.3 Å². The minimum absolute atomic E-state index is 0.0527. The molecule has 0 spiro atoms. The molecule has 2 unspecified atom stereocenters. The Morgan fingerprint density at radius 3 is 2.86 bits per heavy atom. The van der Waals surface area contributed by atoms with Gasteiger partial charge in [0.1, 0.15) is 5.65 Å². The van der Waals surface area contributed by atoms with Gasteiger partial charge in [-0.3, -0.25) is 4.79 Å². The lowest BCUT2D eigenvalue weighted by atomic mass is 10.2. The molecular weight excluding hydrogens is 383 g/mol. The highest BCUT2D eigenvalue weighted by atomic mass is 35.5. The Morgan fingerprint density at radius 2 is 2.11 bits per heavy atom. The average molecular weight is 403 g/mol. The van der Waals surface area contributed by atoms with Crippen LogP contribution in [0.2, 0.25) is 5.28 Å². The van der Waals surface area contributed by atoms with E-state index in [0.29, 0.717) is 17.9 Å². The third-order valence-corrected chi connectivity index (χ3v) is 5.14. The molecule has 9 heteroatoms. The molecule has 3 aromatic rings. The molecule has 1 saturated heterocycles. The summed E-state index contributed by atoms with van der Waals surface area (Å²) >= 11 is 5.63. The predicted molar refractivity (Wildman–Crippen MR) is 104 cm³/mol. The van der Waals surface area contributed by atoms with Gasteiger partial charge in [0.05, 0.1) is 11.8 Å². The van der Waals surface area contributed by atoms with E-state index in [0.717, 1.165) is 36.8 Å². The maximum atomic E-state index is 13.3. The van der Waals surface area contributed by atoms with E-state index < -0.39 is 0 Å². The summed E-state index contributed by atoms with van der Waals surface area (Å²) in [5.41, 5.74) is 1.50. The molecule has 2 aliphatic rings. The number of nitrogens with one attached hydrogen (secondary N) is 1. The largest absolute Gasteiger partial charge is 0.353 e. The maximum absolute atomic E-state index is 13.3. The van der Waals surface area contributed by atoms with Gasteiger partial charge in [0.15, 0.2) is 11.6 Å². The van der Waals surface area contributed by atoms with Gasteiger partial charge in [0, 0.05) is 38.2 Å². The number of hydrogen-bond donors (Lipinski definition) is 1. The molecule has 1 N–H and O–H groups in total. The van der Waals surface area contributed by atoms with E-state index in [1.807, 2.05) is 28.5 Å². The number of amides is 1. The van der Waals surface area contributed by atoms with E-state index in [4.69, 9.17) is 11.6 Å². The molecule has 0 bridgehead atoms. The molecular formula is C19H20ClFN6O. The van der Waals surface area contributed by atoms with Crippen LogP contribution in [0.5, 0.6) is 0 Å². The molecule has 2 atom stereocenters. The minimum Gasteiger partial charge on any atom is -0.353 e. The lowest BCUT2D eigenvalue weighted by molar-refractivity contribution is 0.0955. The molecule has 5 rings (SSSR count). The van der Waals surface area contributed by atoms with Crippen molar-refractivity contribution < 1.29 is 9.18 Å². The van der Waals surface area contributed by atoms with E-state index in [9.17, 15) is 9.18 Å². The van der Waals surface area contributed by atoms with Gasteiger partial charge in [-0.2, -0.15) is 4.98 Å². The number of nitrogens with zero attached hydrogens (tertiary/aromatic N) is 5. The van der Waals surface area contributed by atoms with Crippen molar-refractivity contribution in [2.24, 2.45) is 11.8 Å². The lowest BCUT2D eigenvalue weighted by Crippen LogP contribution is -2.24. The quantitative estimate of drug-likeness (QED) is 0.682. The zero-order valence-electron chi connectivity index (χ0n) is 15.3. The number of fused-ring (bicyclic) bond motifs is 2. The Kier molecular flexibility index (Phi) is 5.13. The van der Waals surface area contributed by atoms with Gasteiger partial charge in [-0.25, -0.2) is 14.4 Å². The Balaban J connectivity index is 0.000000137. The SMILES string of the molecule is CCNC(=O)c1ccc2nccn2c1.Fc1cnc(Cl)nc1N1CC2CC2C1. The summed E-state index contributed by atoms with van der Waals surface area (Å²) in [6.45, 7) is 4.36. The number of piperidine rings is 1. The number of pyridine rings is 1. The highest BCUT2D eigenvalue weighted by Crippen LogP contribution is 2.46. The number of hydrogen-bond acceptors (Lipinski definition) is 5. The van der Waals surface area contributed by atoms with Crippen LogP contribution in [0.3, 0.4) is 0 Å². The molecule has 7 nitrogen and oxygen atoms in total. The number of halogens is 2. The normalized spacial score (nSPS) is 19.8. The highest BCUT2D eigenvalue weighted by Gasteiger charge is 2.46.